The van der Waals surface area contributed by atoms with Gasteiger partial charge in [-0.15, -0.1) is 0 Å². The number of carbonyl (C=O) groups excluding carboxylic acids is 2. The number of carbonyl (C=O) groups is 2. The number of rotatable bonds is 13. The molecule has 0 spiro atoms. The van der Waals surface area contributed by atoms with E-state index in [1.807, 2.05) is 0 Å². The fraction of sp³-hybridized carbons (Fsp3) is 0.875. The van der Waals surface area contributed by atoms with Crippen molar-refractivity contribution in [2.45, 2.75) is 84.5 Å². The van der Waals surface area contributed by atoms with Gasteiger partial charge < -0.3 is 9.59 Å². The monoisotopic (exact) mass is 254 g/mol. The van der Waals surface area contributed by atoms with Crippen molar-refractivity contribution in [2.24, 2.45) is 5.41 Å². The summed E-state index contributed by atoms with van der Waals surface area (Å²) in [6, 6.07) is 0. The van der Waals surface area contributed by atoms with E-state index >= 15 is 0 Å². The number of hydrogen-bond acceptors (Lipinski definition) is 2. The van der Waals surface area contributed by atoms with Gasteiger partial charge in [-0.05, 0) is 13.3 Å². The first kappa shape index (κ1) is 17.3. The zero-order valence-corrected chi connectivity index (χ0v) is 12.2. The average Bonchev–Trinajstić information content (AvgIpc) is 2.40. The maximum atomic E-state index is 10.7. The largest absolute Gasteiger partial charge is 0.302 e. The molecule has 18 heavy (non-hydrogen) atoms. The molecule has 0 N–H and O–H groups in total. The molecule has 0 atom stereocenters. The van der Waals surface area contributed by atoms with Crippen molar-refractivity contribution < 1.29 is 9.59 Å². The first-order chi connectivity index (χ1) is 8.68. The Bertz CT molecular complexity index is 203. The molecular formula is C16H30O2. The predicted octanol–water partition coefficient (Wildman–Crippen LogP) is 4.70. The number of hydrogen-bond donors (Lipinski definition) is 0. The van der Waals surface area contributed by atoms with Crippen molar-refractivity contribution in [3.8, 4) is 0 Å². The van der Waals surface area contributed by atoms with Crippen molar-refractivity contribution >= 4 is 12.6 Å². The fourth-order valence-electron chi connectivity index (χ4n) is 2.14. The standard InChI is InChI=1S/C16H30O2/c1-3-4-5-6-7-8-9-10-11-12-13-16(2,14-17)15-18/h14-15H,3-13H2,1-2H3. The van der Waals surface area contributed by atoms with Crippen LogP contribution in [0.3, 0.4) is 0 Å². The van der Waals surface area contributed by atoms with E-state index in [1.165, 1.54) is 51.4 Å². The van der Waals surface area contributed by atoms with E-state index in [0.29, 0.717) is 6.42 Å². The lowest BCUT2D eigenvalue weighted by Crippen LogP contribution is -2.19. The van der Waals surface area contributed by atoms with E-state index in [-0.39, 0.29) is 0 Å². The Balaban J connectivity index is 3.26. The summed E-state index contributed by atoms with van der Waals surface area (Å²) in [7, 11) is 0. The molecule has 0 fully saturated rings. The van der Waals surface area contributed by atoms with Gasteiger partial charge in [0, 0.05) is 0 Å². The minimum Gasteiger partial charge on any atom is -0.302 e. The molecule has 0 aromatic heterocycles. The molecule has 0 radical (unpaired) electrons. The van der Waals surface area contributed by atoms with Crippen LogP contribution in [0.15, 0.2) is 0 Å². The van der Waals surface area contributed by atoms with E-state index in [1.54, 1.807) is 6.92 Å². The molecule has 2 heteroatoms. The minimum atomic E-state index is -0.736. The molecule has 0 aliphatic carbocycles. The van der Waals surface area contributed by atoms with Crippen molar-refractivity contribution in [1.29, 1.82) is 0 Å². The van der Waals surface area contributed by atoms with Crippen molar-refractivity contribution in [2.75, 3.05) is 0 Å². The van der Waals surface area contributed by atoms with Gasteiger partial charge >= 0.3 is 0 Å². The van der Waals surface area contributed by atoms with Gasteiger partial charge in [0.2, 0.25) is 0 Å². The van der Waals surface area contributed by atoms with Gasteiger partial charge in [-0.25, -0.2) is 0 Å². The summed E-state index contributed by atoms with van der Waals surface area (Å²) in [4.78, 5) is 21.4. The third kappa shape index (κ3) is 9.38. The molecule has 0 saturated heterocycles. The molecule has 0 amide bonds. The van der Waals surface area contributed by atoms with Crippen LogP contribution in [0.25, 0.3) is 0 Å². The fourth-order valence-corrected chi connectivity index (χ4v) is 2.14. The summed E-state index contributed by atoms with van der Waals surface area (Å²) in [5, 5.41) is 0. The van der Waals surface area contributed by atoms with Crippen LogP contribution in [-0.2, 0) is 9.59 Å². The maximum absolute atomic E-state index is 10.7. The second kappa shape index (κ2) is 11.4. The molecule has 0 heterocycles. The zero-order chi connectivity index (χ0) is 13.7. The summed E-state index contributed by atoms with van der Waals surface area (Å²) in [6.07, 6.45) is 15.1. The van der Waals surface area contributed by atoms with Gasteiger partial charge in [0.25, 0.3) is 0 Å². The first-order valence-electron chi connectivity index (χ1n) is 7.61. The molecular weight excluding hydrogens is 224 g/mol. The summed E-state index contributed by atoms with van der Waals surface area (Å²) in [5.41, 5.74) is -0.736. The zero-order valence-electron chi connectivity index (χ0n) is 12.2. The smallest absolute Gasteiger partial charge is 0.132 e. The molecule has 0 aromatic carbocycles. The van der Waals surface area contributed by atoms with Crippen LogP contribution in [0, 0.1) is 5.41 Å². The van der Waals surface area contributed by atoms with Crippen LogP contribution < -0.4 is 0 Å². The Morgan fingerprint density at radius 3 is 1.50 bits per heavy atom. The van der Waals surface area contributed by atoms with Crippen LogP contribution >= 0.6 is 0 Å². The second-order valence-electron chi connectivity index (χ2n) is 5.67. The third-order valence-corrected chi connectivity index (χ3v) is 3.61. The van der Waals surface area contributed by atoms with E-state index < -0.39 is 5.41 Å². The summed E-state index contributed by atoms with van der Waals surface area (Å²) in [6.45, 7) is 3.97. The Hall–Kier alpha value is -0.660. The maximum Gasteiger partial charge on any atom is 0.132 e. The molecule has 0 bridgehead atoms. The van der Waals surface area contributed by atoms with Crippen LogP contribution in [0.1, 0.15) is 84.5 Å². The topological polar surface area (TPSA) is 34.1 Å². The lowest BCUT2D eigenvalue weighted by Gasteiger charge is -2.14. The molecule has 0 saturated carbocycles. The molecule has 2 nitrogen and oxygen atoms in total. The molecule has 0 rings (SSSR count). The normalized spacial score (nSPS) is 11.4. The van der Waals surface area contributed by atoms with Crippen molar-refractivity contribution in [3.05, 3.63) is 0 Å². The van der Waals surface area contributed by atoms with E-state index in [4.69, 9.17) is 0 Å². The summed E-state index contributed by atoms with van der Waals surface area (Å²) < 4.78 is 0. The highest BCUT2D eigenvalue weighted by Gasteiger charge is 2.21. The summed E-state index contributed by atoms with van der Waals surface area (Å²) in [5.74, 6) is 0. The Morgan fingerprint density at radius 1 is 0.722 bits per heavy atom. The second-order valence-corrected chi connectivity index (χ2v) is 5.67. The van der Waals surface area contributed by atoms with E-state index in [2.05, 4.69) is 6.92 Å². The first-order valence-corrected chi connectivity index (χ1v) is 7.61. The molecule has 0 aliphatic heterocycles. The highest BCUT2D eigenvalue weighted by atomic mass is 16.1. The van der Waals surface area contributed by atoms with Gasteiger partial charge in [-0.2, -0.15) is 0 Å². The predicted molar refractivity (Wildman–Crippen MR) is 76.7 cm³/mol. The molecule has 106 valence electrons. The van der Waals surface area contributed by atoms with Gasteiger partial charge in [-0.1, -0.05) is 71.1 Å². The van der Waals surface area contributed by atoms with Gasteiger partial charge in [-0.3, -0.25) is 0 Å². The Morgan fingerprint density at radius 2 is 1.11 bits per heavy atom. The average molecular weight is 254 g/mol. The highest BCUT2D eigenvalue weighted by Crippen LogP contribution is 2.20. The minimum absolute atomic E-state index is 0.705. The third-order valence-electron chi connectivity index (χ3n) is 3.61. The number of aldehydes is 2. The Kier molecular flexibility index (Phi) is 11.0. The number of unbranched alkanes of at least 4 members (excludes halogenated alkanes) is 9. The molecule has 0 aromatic rings. The lowest BCUT2D eigenvalue weighted by molar-refractivity contribution is -0.125. The Labute approximate surface area is 113 Å². The van der Waals surface area contributed by atoms with Gasteiger partial charge in [0.05, 0.1) is 5.41 Å². The van der Waals surface area contributed by atoms with Crippen molar-refractivity contribution in [1.82, 2.24) is 0 Å². The quantitative estimate of drug-likeness (QED) is 0.271. The van der Waals surface area contributed by atoms with Crippen LogP contribution in [0.4, 0.5) is 0 Å². The molecule has 0 aliphatic rings. The van der Waals surface area contributed by atoms with Gasteiger partial charge in [0.15, 0.2) is 0 Å². The van der Waals surface area contributed by atoms with Crippen LogP contribution in [0.2, 0.25) is 0 Å². The van der Waals surface area contributed by atoms with Crippen LogP contribution in [-0.4, -0.2) is 12.6 Å². The highest BCUT2D eigenvalue weighted by molar-refractivity contribution is 5.82. The van der Waals surface area contributed by atoms with E-state index in [0.717, 1.165) is 25.4 Å². The SMILES string of the molecule is CCCCCCCCCCCCC(C)(C=O)C=O. The summed E-state index contributed by atoms with van der Waals surface area (Å²) >= 11 is 0. The van der Waals surface area contributed by atoms with Crippen molar-refractivity contribution in [3.63, 3.8) is 0 Å². The van der Waals surface area contributed by atoms with E-state index in [9.17, 15) is 9.59 Å². The van der Waals surface area contributed by atoms with Gasteiger partial charge in [0.1, 0.15) is 12.6 Å². The van der Waals surface area contributed by atoms with Crippen LogP contribution in [0.5, 0.6) is 0 Å². The molecule has 0 unspecified atom stereocenters. The lowest BCUT2D eigenvalue weighted by atomic mass is 9.88.